The molecule has 1 unspecified atom stereocenters. The molecule has 1 aliphatic heterocycles. The summed E-state index contributed by atoms with van der Waals surface area (Å²) in [7, 11) is 0. The van der Waals surface area contributed by atoms with E-state index < -0.39 is 5.54 Å². The summed E-state index contributed by atoms with van der Waals surface area (Å²) in [5, 5.41) is 5.84. The number of fused-ring (bicyclic) bond motifs is 1. The van der Waals surface area contributed by atoms with Crippen LogP contribution in [0, 0.1) is 0 Å². The largest absolute Gasteiger partial charge is 0.349 e. The number of hydrogen-bond donors (Lipinski definition) is 2. The summed E-state index contributed by atoms with van der Waals surface area (Å²) in [4.78, 5) is 41.4. The van der Waals surface area contributed by atoms with Crippen LogP contribution in [0.1, 0.15) is 39.6 Å². The molecule has 0 spiro atoms. The molecule has 0 bridgehead atoms. The maximum absolute atomic E-state index is 13.8. The van der Waals surface area contributed by atoms with E-state index in [-0.39, 0.29) is 24.3 Å². The van der Waals surface area contributed by atoms with Gasteiger partial charge in [0.25, 0.3) is 17.7 Å². The van der Waals surface area contributed by atoms with Crippen molar-refractivity contribution in [1.82, 2.24) is 10.6 Å². The molecule has 32 heavy (non-hydrogen) atoms. The highest BCUT2D eigenvalue weighted by atomic mass is 16.2. The molecule has 3 amide bonds. The highest BCUT2D eigenvalue weighted by Crippen LogP contribution is 2.40. The standard InChI is InChI=1S/C26H25N3O3/c1-2-17-29-22-16-10-9-15-21(22)26(25(29)32,28-24(31)20-13-7-4-8-14-20)18-27-23(30)19-11-5-3-6-12-19/h3-16H,2,17-18H2,1H3,(H,27,30)(H,28,31). The summed E-state index contributed by atoms with van der Waals surface area (Å²) < 4.78 is 0. The van der Waals surface area contributed by atoms with Gasteiger partial charge in [-0.25, -0.2) is 0 Å². The van der Waals surface area contributed by atoms with Crippen molar-refractivity contribution in [2.24, 2.45) is 0 Å². The van der Waals surface area contributed by atoms with Crippen LogP contribution in [-0.4, -0.2) is 30.8 Å². The van der Waals surface area contributed by atoms with Gasteiger partial charge in [-0.1, -0.05) is 61.5 Å². The van der Waals surface area contributed by atoms with Crippen LogP contribution < -0.4 is 15.5 Å². The SMILES string of the molecule is CCCN1C(=O)C(CNC(=O)c2ccccc2)(NC(=O)c2ccccc2)c2ccccc21. The van der Waals surface area contributed by atoms with E-state index >= 15 is 0 Å². The zero-order valence-corrected chi connectivity index (χ0v) is 17.9. The van der Waals surface area contributed by atoms with E-state index in [9.17, 15) is 14.4 Å². The maximum atomic E-state index is 13.8. The first-order chi connectivity index (χ1) is 15.6. The van der Waals surface area contributed by atoms with Crippen LogP contribution in [0.15, 0.2) is 84.9 Å². The fourth-order valence-corrected chi connectivity index (χ4v) is 4.07. The van der Waals surface area contributed by atoms with Gasteiger partial charge in [-0.05, 0) is 36.8 Å². The van der Waals surface area contributed by atoms with Gasteiger partial charge in [0.15, 0.2) is 5.54 Å². The van der Waals surface area contributed by atoms with Crippen molar-refractivity contribution in [2.45, 2.75) is 18.9 Å². The normalized spacial score (nSPS) is 17.0. The lowest BCUT2D eigenvalue weighted by Gasteiger charge is -2.30. The van der Waals surface area contributed by atoms with Crippen molar-refractivity contribution in [1.29, 1.82) is 0 Å². The monoisotopic (exact) mass is 427 g/mol. The Kier molecular flexibility index (Phi) is 6.03. The third-order valence-electron chi connectivity index (χ3n) is 5.63. The number of para-hydroxylation sites is 1. The predicted octanol–water partition coefficient (Wildman–Crippen LogP) is 3.50. The number of nitrogens with zero attached hydrogens (tertiary/aromatic N) is 1. The average Bonchev–Trinajstić information content (AvgIpc) is 3.07. The highest BCUT2D eigenvalue weighted by Gasteiger charge is 2.52. The van der Waals surface area contributed by atoms with Crippen LogP contribution >= 0.6 is 0 Å². The Hall–Kier alpha value is -3.93. The molecule has 4 rings (SSSR count). The number of rotatable bonds is 7. The number of hydrogen-bond acceptors (Lipinski definition) is 3. The van der Waals surface area contributed by atoms with Gasteiger partial charge in [0, 0.05) is 28.9 Å². The van der Waals surface area contributed by atoms with Crippen LogP contribution in [0.5, 0.6) is 0 Å². The van der Waals surface area contributed by atoms with Gasteiger partial charge in [0.05, 0.1) is 6.54 Å². The predicted molar refractivity (Wildman–Crippen MR) is 123 cm³/mol. The first-order valence-corrected chi connectivity index (χ1v) is 10.7. The van der Waals surface area contributed by atoms with Gasteiger partial charge in [-0.3, -0.25) is 14.4 Å². The van der Waals surface area contributed by atoms with Crippen molar-refractivity contribution in [3.05, 3.63) is 102 Å². The molecule has 6 nitrogen and oxygen atoms in total. The molecule has 1 heterocycles. The topological polar surface area (TPSA) is 78.5 Å². The zero-order valence-electron chi connectivity index (χ0n) is 17.9. The second kappa shape index (κ2) is 9.06. The summed E-state index contributed by atoms with van der Waals surface area (Å²) in [6.45, 7) is 2.45. The molecular formula is C26H25N3O3. The van der Waals surface area contributed by atoms with E-state index in [1.807, 2.05) is 43.3 Å². The first kappa shape index (κ1) is 21.3. The van der Waals surface area contributed by atoms with E-state index in [0.717, 1.165) is 12.1 Å². The fraction of sp³-hybridized carbons (Fsp3) is 0.192. The van der Waals surface area contributed by atoms with E-state index in [1.165, 1.54) is 0 Å². The van der Waals surface area contributed by atoms with Gasteiger partial charge in [0.2, 0.25) is 0 Å². The quantitative estimate of drug-likeness (QED) is 0.606. The zero-order chi connectivity index (χ0) is 22.6. The van der Waals surface area contributed by atoms with Crippen molar-refractivity contribution in [3.63, 3.8) is 0 Å². The maximum Gasteiger partial charge on any atom is 0.259 e. The van der Waals surface area contributed by atoms with Crippen LogP contribution in [0.25, 0.3) is 0 Å². The lowest BCUT2D eigenvalue weighted by Crippen LogP contribution is -2.59. The van der Waals surface area contributed by atoms with E-state index in [4.69, 9.17) is 0 Å². The summed E-state index contributed by atoms with van der Waals surface area (Å²) in [6.07, 6.45) is 0.763. The van der Waals surface area contributed by atoms with Gasteiger partial charge < -0.3 is 15.5 Å². The Morgan fingerprint density at radius 1 is 0.812 bits per heavy atom. The molecule has 0 fully saturated rings. The molecular weight excluding hydrogens is 402 g/mol. The molecule has 0 aromatic heterocycles. The summed E-state index contributed by atoms with van der Waals surface area (Å²) in [5.41, 5.74) is 0.961. The molecule has 0 radical (unpaired) electrons. The lowest BCUT2D eigenvalue weighted by molar-refractivity contribution is -0.123. The van der Waals surface area contributed by atoms with E-state index in [2.05, 4.69) is 10.6 Å². The molecule has 0 saturated heterocycles. The molecule has 162 valence electrons. The summed E-state index contributed by atoms with van der Waals surface area (Å²) >= 11 is 0. The molecule has 1 atom stereocenters. The molecule has 0 aliphatic carbocycles. The summed E-state index contributed by atoms with van der Waals surface area (Å²) in [5.74, 6) is -0.933. The minimum atomic E-state index is -1.40. The molecule has 3 aromatic rings. The Balaban J connectivity index is 1.72. The minimum absolute atomic E-state index is 0.0602. The van der Waals surface area contributed by atoms with Crippen molar-refractivity contribution < 1.29 is 14.4 Å². The Bertz CT molecular complexity index is 1130. The number of benzene rings is 3. The van der Waals surface area contributed by atoms with Crippen LogP contribution in [0.4, 0.5) is 5.69 Å². The number of carbonyl (C=O) groups is 3. The second-order valence-electron chi connectivity index (χ2n) is 7.75. The van der Waals surface area contributed by atoms with Gasteiger partial charge in [-0.15, -0.1) is 0 Å². The smallest absolute Gasteiger partial charge is 0.259 e. The summed E-state index contributed by atoms with van der Waals surface area (Å²) in [6, 6.07) is 25.0. The van der Waals surface area contributed by atoms with E-state index in [1.54, 1.807) is 53.4 Å². The molecule has 2 N–H and O–H groups in total. The van der Waals surface area contributed by atoms with Crippen molar-refractivity contribution >= 4 is 23.4 Å². The van der Waals surface area contributed by atoms with Crippen LogP contribution in [0.3, 0.4) is 0 Å². The number of amides is 3. The third kappa shape index (κ3) is 3.87. The van der Waals surface area contributed by atoms with E-state index in [0.29, 0.717) is 23.2 Å². The number of carbonyl (C=O) groups excluding carboxylic acids is 3. The molecule has 6 heteroatoms. The highest BCUT2D eigenvalue weighted by molar-refractivity contribution is 6.11. The van der Waals surface area contributed by atoms with Gasteiger partial charge >= 0.3 is 0 Å². The Labute approximate surface area is 187 Å². The Morgan fingerprint density at radius 2 is 1.38 bits per heavy atom. The van der Waals surface area contributed by atoms with Gasteiger partial charge in [0.1, 0.15) is 0 Å². The lowest BCUT2D eigenvalue weighted by atomic mass is 9.90. The van der Waals surface area contributed by atoms with Crippen molar-refractivity contribution in [3.8, 4) is 0 Å². The molecule has 0 saturated carbocycles. The molecule has 1 aliphatic rings. The first-order valence-electron chi connectivity index (χ1n) is 10.7. The fourth-order valence-electron chi connectivity index (χ4n) is 4.07. The van der Waals surface area contributed by atoms with Gasteiger partial charge in [-0.2, -0.15) is 0 Å². The third-order valence-corrected chi connectivity index (χ3v) is 5.63. The average molecular weight is 428 g/mol. The second-order valence-corrected chi connectivity index (χ2v) is 7.75. The van der Waals surface area contributed by atoms with Crippen LogP contribution in [0.2, 0.25) is 0 Å². The van der Waals surface area contributed by atoms with Crippen molar-refractivity contribution in [2.75, 3.05) is 18.0 Å². The number of anilines is 1. The molecule has 3 aromatic carbocycles. The number of nitrogens with one attached hydrogen (secondary N) is 2. The Morgan fingerprint density at radius 3 is 2.00 bits per heavy atom. The van der Waals surface area contributed by atoms with Crippen LogP contribution in [-0.2, 0) is 10.3 Å². The minimum Gasteiger partial charge on any atom is -0.349 e.